The summed E-state index contributed by atoms with van der Waals surface area (Å²) >= 11 is 0. The number of nitrogens with two attached hydrogens (primary N) is 2. The second-order valence-electron chi connectivity index (χ2n) is 25.4. The number of nitrogens with one attached hydrogen (secondary N) is 8. The van der Waals surface area contributed by atoms with E-state index < -0.39 is 142 Å². The molecule has 5 fully saturated rings. The van der Waals surface area contributed by atoms with Gasteiger partial charge in [-0.2, -0.15) is 0 Å². The summed E-state index contributed by atoms with van der Waals surface area (Å²) in [6.45, 7) is 15.2. The minimum absolute atomic E-state index is 0.0828. The molecule has 2 saturated carbocycles. The van der Waals surface area contributed by atoms with E-state index in [0.717, 1.165) is 11.1 Å². The van der Waals surface area contributed by atoms with Crippen molar-refractivity contribution in [2.24, 2.45) is 35.1 Å². The molecule has 2 aromatic rings. The summed E-state index contributed by atoms with van der Waals surface area (Å²) in [7, 11) is 0. The Morgan fingerprint density at radius 1 is 0.464 bits per heavy atom. The third kappa shape index (κ3) is 15.1. The van der Waals surface area contributed by atoms with Gasteiger partial charge in [0.2, 0.25) is 59.1 Å². The monoisotopic (exact) mass is 1160 g/mol. The Hall–Kier alpha value is -6.94. The lowest BCUT2D eigenvalue weighted by Gasteiger charge is -2.33. The van der Waals surface area contributed by atoms with Crippen molar-refractivity contribution in [3.8, 4) is 0 Å². The Bertz CT molecular complexity index is 2530. The smallest absolute Gasteiger partial charge is 0.247 e. The molecular weight excluding hydrogens is 1070 g/mol. The van der Waals surface area contributed by atoms with Gasteiger partial charge in [0.25, 0.3) is 0 Å². The normalized spacial score (nSPS) is 30.8. The fourth-order valence-electron chi connectivity index (χ4n) is 12.5. The molecule has 0 bridgehead atoms. The summed E-state index contributed by atoms with van der Waals surface area (Å²) in [5.41, 5.74) is 10.4. The first-order valence-corrected chi connectivity index (χ1v) is 30.5. The van der Waals surface area contributed by atoms with E-state index in [1.54, 1.807) is 27.7 Å². The van der Waals surface area contributed by atoms with Gasteiger partial charge in [-0.3, -0.25) is 47.9 Å². The molecule has 3 aliphatic heterocycles. The number of carbonyl (C=O) groups is 10. The molecule has 7 rings (SSSR count). The topological polar surface area (TPSA) is 325 Å². The molecule has 2 aromatic carbocycles. The number of benzene rings is 2. The molecule has 2 aliphatic carbocycles. The zero-order valence-electron chi connectivity index (χ0n) is 50.3. The van der Waals surface area contributed by atoms with Crippen molar-refractivity contribution in [2.75, 3.05) is 26.2 Å². The molecule has 460 valence electrons. The Morgan fingerprint density at radius 3 is 1.13 bits per heavy atom. The van der Waals surface area contributed by atoms with Crippen LogP contribution in [0.1, 0.15) is 155 Å². The molecule has 22 heteroatoms. The Kier molecular flexibility index (Phi) is 21.8. The van der Waals surface area contributed by atoms with Crippen LogP contribution in [-0.4, -0.2) is 154 Å². The maximum atomic E-state index is 15.0. The third-order valence-corrected chi connectivity index (χ3v) is 17.3. The van der Waals surface area contributed by atoms with Crippen LogP contribution in [0.15, 0.2) is 60.7 Å². The van der Waals surface area contributed by atoms with Crippen molar-refractivity contribution in [2.45, 2.75) is 204 Å². The number of nitrogens with zero attached hydrogens (tertiary/aromatic N) is 2. The van der Waals surface area contributed by atoms with E-state index in [9.17, 15) is 47.9 Å². The van der Waals surface area contributed by atoms with Crippen LogP contribution in [0.3, 0.4) is 0 Å². The van der Waals surface area contributed by atoms with Gasteiger partial charge in [-0.05, 0) is 125 Å². The van der Waals surface area contributed by atoms with Gasteiger partial charge in [-0.1, -0.05) is 116 Å². The number of hydrogen-bond acceptors (Lipinski definition) is 12. The lowest BCUT2D eigenvalue weighted by Crippen LogP contribution is -2.63. The van der Waals surface area contributed by atoms with Gasteiger partial charge in [0.05, 0.1) is 0 Å². The van der Waals surface area contributed by atoms with Crippen molar-refractivity contribution < 1.29 is 47.9 Å². The second kappa shape index (κ2) is 28.3. The molecule has 0 aromatic heterocycles. The van der Waals surface area contributed by atoms with Gasteiger partial charge >= 0.3 is 0 Å². The van der Waals surface area contributed by atoms with Crippen LogP contribution in [0, 0.1) is 23.7 Å². The highest BCUT2D eigenvalue weighted by Crippen LogP contribution is 2.53. The molecule has 0 radical (unpaired) electrons. The molecule has 12 atom stereocenters. The maximum absolute atomic E-state index is 15.0. The lowest BCUT2D eigenvalue weighted by molar-refractivity contribution is -0.143. The standard InChI is InChI=1S/C62H92N12O10/c1-35(2)31-45-57(81)73-29-17-25-47(73)53(77)71-61(33-41(61)39-19-11-9-12-20-39)59(83)70-50(38(7)8)56(80)66-44(24-16-28-64)52(76)68-46(32-36(3)4)58(82)74-30-18-26-48(74)54(78)72-62(34-42(62)40-21-13-10-14-22-40)60(84)69-49(37(5)6)55(79)65-43(23-15-27-63)51(75)67-45/h9-14,19-22,35-38,41-50H,15-18,23-34,63-64H2,1-8H3,(H,65,79)(H,66,80)(H,67,75)(H,68,76)(H,69,84)(H,70,83)(H,71,77)(H,72,78)/t41-,42-,43-,44-,45-,46-,47+,48+,49-,50-,61-,62-/m0/s1. The van der Waals surface area contributed by atoms with Crippen LogP contribution in [0.2, 0.25) is 0 Å². The number of fused-ring (bicyclic) bond motifs is 2. The van der Waals surface area contributed by atoms with Gasteiger partial charge < -0.3 is 63.8 Å². The fourth-order valence-corrected chi connectivity index (χ4v) is 12.5. The number of hydrogen-bond donors (Lipinski definition) is 10. The van der Waals surface area contributed by atoms with Crippen molar-refractivity contribution >= 4 is 59.1 Å². The van der Waals surface area contributed by atoms with E-state index in [1.807, 2.05) is 88.4 Å². The molecule has 84 heavy (non-hydrogen) atoms. The van der Waals surface area contributed by atoms with Crippen LogP contribution in [0.25, 0.3) is 0 Å². The highest BCUT2D eigenvalue weighted by molar-refractivity contribution is 6.03. The van der Waals surface area contributed by atoms with E-state index in [-0.39, 0.29) is 89.4 Å². The summed E-state index contributed by atoms with van der Waals surface area (Å²) in [6.07, 6.45) is 2.89. The predicted octanol–water partition coefficient (Wildman–Crippen LogP) is 1.86. The zero-order chi connectivity index (χ0) is 61.2. The zero-order valence-corrected chi connectivity index (χ0v) is 50.3. The molecule has 5 aliphatic rings. The predicted molar refractivity (Wildman–Crippen MR) is 316 cm³/mol. The van der Waals surface area contributed by atoms with Crippen LogP contribution in [0.4, 0.5) is 0 Å². The van der Waals surface area contributed by atoms with Crippen molar-refractivity contribution in [3.05, 3.63) is 71.8 Å². The molecule has 3 heterocycles. The Labute approximate surface area is 494 Å². The van der Waals surface area contributed by atoms with E-state index >= 15 is 0 Å². The van der Waals surface area contributed by atoms with E-state index in [2.05, 4.69) is 42.5 Å². The van der Waals surface area contributed by atoms with Crippen LogP contribution in [0.5, 0.6) is 0 Å². The summed E-state index contributed by atoms with van der Waals surface area (Å²) in [6, 6.07) is 9.15. The number of rotatable bonds is 14. The van der Waals surface area contributed by atoms with Crippen LogP contribution in [-0.2, 0) is 47.9 Å². The fraction of sp³-hybridized carbons (Fsp3) is 0.645. The Balaban J connectivity index is 1.27. The number of amides is 10. The molecule has 0 unspecified atom stereocenters. The van der Waals surface area contributed by atoms with Gasteiger partial charge in [0.15, 0.2) is 0 Å². The third-order valence-electron chi connectivity index (χ3n) is 17.3. The average molecular weight is 1170 g/mol. The molecule has 12 N–H and O–H groups in total. The average Bonchev–Trinajstić information content (AvgIpc) is 2.00. The van der Waals surface area contributed by atoms with Crippen molar-refractivity contribution in [1.82, 2.24) is 52.3 Å². The van der Waals surface area contributed by atoms with Crippen LogP contribution >= 0.6 is 0 Å². The van der Waals surface area contributed by atoms with E-state index in [4.69, 9.17) is 11.5 Å². The van der Waals surface area contributed by atoms with E-state index in [0.29, 0.717) is 25.7 Å². The summed E-state index contributed by atoms with van der Waals surface area (Å²) < 4.78 is 0. The SMILES string of the molecule is CC(C)C[C@@H]1NC(=O)[C@H](CCCN)NC(=O)[C@H](C(C)C)NC(=O)[C@@]2(C[C@H]2c2ccccc2)NC(=O)[C@H]2CCCN2C(=O)[C@H](CC(C)C)NC(=O)[C@H](CCCN)NC(=O)[C@H](C(C)C)NC(=O)[C@@]2(C[C@H]2c2ccccc2)NC(=O)[C@H]2CCCN2C1=O. The minimum atomic E-state index is -1.55. The van der Waals surface area contributed by atoms with Crippen molar-refractivity contribution in [1.29, 1.82) is 0 Å². The number of carbonyl (C=O) groups excluding carboxylic acids is 10. The quantitative estimate of drug-likeness (QED) is 0.130. The summed E-state index contributed by atoms with van der Waals surface area (Å²) in [5, 5.41) is 23.5. The highest BCUT2D eigenvalue weighted by Gasteiger charge is 2.64. The first-order valence-electron chi connectivity index (χ1n) is 30.5. The summed E-state index contributed by atoms with van der Waals surface area (Å²) in [4.78, 5) is 151. The van der Waals surface area contributed by atoms with Gasteiger partial charge in [-0.25, -0.2) is 0 Å². The molecule has 10 amide bonds. The van der Waals surface area contributed by atoms with E-state index in [1.165, 1.54) is 9.80 Å². The summed E-state index contributed by atoms with van der Waals surface area (Å²) in [5.74, 6) is -8.52. The maximum Gasteiger partial charge on any atom is 0.247 e. The lowest BCUT2D eigenvalue weighted by atomic mass is 9.98. The molecule has 2 spiro atoms. The van der Waals surface area contributed by atoms with Gasteiger partial charge in [-0.15, -0.1) is 0 Å². The first kappa shape index (κ1) is 64.6. The Morgan fingerprint density at radius 2 is 0.810 bits per heavy atom. The van der Waals surface area contributed by atoms with Crippen molar-refractivity contribution in [3.63, 3.8) is 0 Å². The first-order chi connectivity index (χ1) is 40.0. The van der Waals surface area contributed by atoms with Gasteiger partial charge in [0, 0.05) is 24.9 Å². The van der Waals surface area contributed by atoms with Crippen LogP contribution < -0.4 is 54.0 Å². The molecule has 3 saturated heterocycles. The highest BCUT2D eigenvalue weighted by atomic mass is 16.2. The largest absolute Gasteiger partial charge is 0.343 e. The molecular formula is C62H92N12O10. The second-order valence-corrected chi connectivity index (χ2v) is 25.4. The van der Waals surface area contributed by atoms with Gasteiger partial charge in [0.1, 0.15) is 59.4 Å². The molecule has 22 nitrogen and oxygen atoms in total. The minimum Gasteiger partial charge on any atom is -0.343 e.